The summed E-state index contributed by atoms with van der Waals surface area (Å²) in [5, 5.41) is 0. The van der Waals surface area contributed by atoms with Crippen molar-refractivity contribution in [1.82, 2.24) is 0 Å². The van der Waals surface area contributed by atoms with E-state index in [1.54, 1.807) is 0 Å². The molecular weight excluding hydrogens is 222 g/mol. The molecule has 0 aromatic rings. The molecule has 0 radical (unpaired) electrons. The summed E-state index contributed by atoms with van der Waals surface area (Å²) in [6.07, 6.45) is 13.2. The molecule has 104 valence electrons. The Bertz CT molecular complexity index is 291. The lowest BCUT2D eigenvalue weighted by molar-refractivity contribution is -0.150. The van der Waals surface area contributed by atoms with Gasteiger partial charge in [0.1, 0.15) is 0 Å². The molecule has 3 aliphatic rings. The van der Waals surface area contributed by atoms with E-state index in [0.717, 1.165) is 12.5 Å². The Morgan fingerprint density at radius 2 is 1.89 bits per heavy atom. The molecule has 2 heteroatoms. The van der Waals surface area contributed by atoms with Crippen molar-refractivity contribution in [3.05, 3.63) is 0 Å². The Morgan fingerprint density at radius 3 is 2.44 bits per heavy atom. The molecule has 3 rings (SSSR count). The van der Waals surface area contributed by atoms with E-state index in [1.165, 1.54) is 64.2 Å². The van der Waals surface area contributed by atoms with Crippen LogP contribution in [0.5, 0.6) is 0 Å². The lowest BCUT2D eigenvalue weighted by Gasteiger charge is -2.51. The molecular formula is C16H29NO. The maximum Gasteiger partial charge on any atom is 0.0685 e. The number of hydrogen-bond acceptors (Lipinski definition) is 2. The van der Waals surface area contributed by atoms with Gasteiger partial charge in [0.2, 0.25) is 0 Å². The quantitative estimate of drug-likeness (QED) is 0.831. The highest BCUT2D eigenvalue weighted by Gasteiger charge is 2.48. The Hall–Kier alpha value is -0.0800. The Labute approximate surface area is 112 Å². The second-order valence-corrected chi connectivity index (χ2v) is 7.09. The SMILES string of the molecule is CCC1(C(N)C2CCOC3(CCC3)C2)CCCC1. The van der Waals surface area contributed by atoms with Crippen LogP contribution in [0.2, 0.25) is 0 Å². The van der Waals surface area contributed by atoms with Crippen molar-refractivity contribution in [2.75, 3.05) is 6.61 Å². The predicted octanol–water partition coefficient (Wildman–Crippen LogP) is 3.63. The summed E-state index contributed by atoms with van der Waals surface area (Å²) in [5.74, 6) is 0.720. The third-order valence-corrected chi connectivity index (χ3v) is 6.31. The second kappa shape index (κ2) is 4.79. The van der Waals surface area contributed by atoms with Gasteiger partial charge in [-0.25, -0.2) is 0 Å². The van der Waals surface area contributed by atoms with Crippen LogP contribution >= 0.6 is 0 Å². The van der Waals surface area contributed by atoms with Crippen LogP contribution in [0.25, 0.3) is 0 Å². The molecule has 0 amide bonds. The first kappa shape index (κ1) is 12.9. The highest BCUT2D eigenvalue weighted by atomic mass is 16.5. The molecule has 0 aromatic heterocycles. The summed E-state index contributed by atoms with van der Waals surface area (Å²) in [7, 11) is 0. The van der Waals surface area contributed by atoms with Gasteiger partial charge in [0.25, 0.3) is 0 Å². The summed E-state index contributed by atoms with van der Waals surface area (Å²) in [5.41, 5.74) is 7.47. The number of ether oxygens (including phenoxy) is 1. The van der Waals surface area contributed by atoms with Gasteiger partial charge >= 0.3 is 0 Å². The fourth-order valence-electron chi connectivity index (χ4n) is 4.79. The van der Waals surface area contributed by atoms with Gasteiger partial charge < -0.3 is 10.5 Å². The van der Waals surface area contributed by atoms with Crippen molar-refractivity contribution in [2.24, 2.45) is 17.1 Å². The highest BCUT2D eigenvalue weighted by molar-refractivity contribution is 5.01. The minimum absolute atomic E-state index is 0.258. The van der Waals surface area contributed by atoms with Crippen molar-refractivity contribution in [3.8, 4) is 0 Å². The van der Waals surface area contributed by atoms with Gasteiger partial charge in [-0.3, -0.25) is 0 Å². The number of hydrogen-bond donors (Lipinski definition) is 1. The predicted molar refractivity (Wildman–Crippen MR) is 74.4 cm³/mol. The topological polar surface area (TPSA) is 35.2 Å². The van der Waals surface area contributed by atoms with Crippen molar-refractivity contribution in [1.29, 1.82) is 0 Å². The zero-order valence-electron chi connectivity index (χ0n) is 11.9. The van der Waals surface area contributed by atoms with Crippen LogP contribution in [-0.2, 0) is 4.74 Å². The summed E-state index contributed by atoms with van der Waals surface area (Å²) >= 11 is 0. The van der Waals surface area contributed by atoms with E-state index in [0.29, 0.717) is 11.5 Å². The van der Waals surface area contributed by atoms with Crippen molar-refractivity contribution in [2.45, 2.75) is 82.8 Å². The van der Waals surface area contributed by atoms with Crippen LogP contribution < -0.4 is 5.73 Å². The third kappa shape index (κ3) is 2.02. The summed E-state index contributed by atoms with van der Waals surface area (Å²) < 4.78 is 6.06. The van der Waals surface area contributed by atoms with E-state index >= 15 is 0 Å². The van der Waals surface area contributed by atoms with E-state index in [1.807, 2.05) is 0 Å². The first-order valence-electron chi connectivity index (χ1n) is 8.09. The van der Waals surface area contributed by atoms with Crippen molar-refractivity contribution in [3.63, 3.8) is 0 Å². The fourth-order valence-corrected chi connectivity index (χ4v) is 4.79. The Kier molecular flexibility index (Phi) is 3.44. The summed E-state index contributed by atoms with van der Waals surface area (Å²) in [4.78, 5) is 0. The van der Waals surface area contributed by atoms with E-state index in [-0.39, 0.29) is 5.60 Å². The standard InChI is InChI=1S/C16H29NO/c1-2-15(7-3-4-8-15)14(17)13-6-11-18-16(12-13)9-5-10-16/h13-14H,2-12,17H2,1H3. The van der Waals surface area contributed by atoms with Gasteiger partial charge in [0.15, 0.2) is 0 Å². The third-order valence-electron chi connectivity index (χ3n) is 6.31. The largest absolute Gasteiger partial charge is 0.375 e. The molecule has 2 atom stereocenters. The number of rotatable bonds is 3. The first-order chi connectivity index (χ1) is 8.70. The molecule has 1 spiro atoms. The van der Waals surface area contributed by atoms with E-state index in [2.05, 4.69) is 6.92 Å². The van der Waals surface area contributed by atoms with Crippen LogP contribution in [0.3, 0.4) is 0 Å². The monoisotopic (exact) mass is 251 g/mol. The molecule has 18 heavy (non-hydrogen) atoms. The first-order valence-corrected chi connectivity index (χ1v) is 8.09. The van der Waals surface area contributed by atoms with Gasteiger partial charge in [0.05, 0.1) is 5.60 Å². The second-order valence-electron chi connectivity index (χ2n) is 7.09. The van der Waals surface area contributed by atoms with Crippen molar-refractivity contribution < 1.29 is 4.74 Å². The van der Waals surface area contributed by atoms with Gasteiger partial charge in [-0.05, 0) is 62.7 Å². The van der Waals surface area contributed by atoms with Gasteiger partial charge in [-0.1, -0.05) is 19.8 Å². The molecule has 2 nitrogen and oxygen atoms in total. The average molecular weight is 251 g/mol. The van der Waals surface area contributed by atoms with Crippen LogP contribution in [0, 0.1) is 11.3 Å². The molecule has 2 aliphatic carbocycles. The molecule has 1 heterocycles. The van der Waals surface area contributed by atoms with Crippen LogP contribution in [0.1, 0.15) is 71.1 Å². The summed E-state index contributed by atoms with van der Waals surface area (Å²) in [6, 6.07) is 0.423. The number of nitrogens with two attached hydrogens (primary N) is 1. The molecule has 1 aliphatic heterocycles. The van der Waals surface area contributed by atoms with E-state index < -0.39 is 0 Å². The zero-order chi connectivity index (χ0) is 12.6. The Balaban J connectivity index is 1.69. The fraction of sp³-hybridized carbons (Fsp3) is 1.00. The molecule has 2 unspecified atom stereocenters. The molecule has 0 bridgehead atoms. The maximum absolute atomic E-state index is 6.74. The molecule has 3 fully saturated rings. The zero-order valence-corrected chi connectivity index (χ0v) is 11.9. The van der Waals surface area contributed by atoms with Gasteiger partial charge in [0, 0.05) is 12.6 Å². The van der Waals surface area contributed by atoms with E-state index in [4.69, 9.17) is 10.5 Å². The smallest absolute Gasteiger partial charge is 0.0685 e. The van der Waals surface area contributed by atoms with E-state index in [9.17, 15) is 0 Å². The van der Waals surface area contributed by atoms with Crippen LogP contribution in [-0.4, -0.2) is 18.2 Å². The van der Waals surface area contributed by atoms with Crippen LogP contribution in [0.4, 0.5) is 0 Å². The normalized spacial score (nSPS) is 35.3. The lowest BCUT2D eigenvalue weighted by Crippen LogP contribution is -2.53. The van der Waals surface area contributed by atoms with Crippen molar-refractivity contribution >= 4 is 0 Å². The maximum atomic E-state index is 6.74. The molecule has 2 saturated carbocycles. The lowest BCUT2D eigenvalue weighted by atomic mass is 9.64. The molecule has 1 saturated heterocycles. The van der Waals surface area contributed by atoms with Crippen LogP contribution in [0.15, 0.2) is 0 Å². The van der Waals surface area contributed by atoms with Gasteiger partial charge in [-0.15, -0.1) is 0 Å². The minimum atomic E-state index is 0.258. The average Bonchev–Trinajstić information content (AvgIpc) is 2.86. The Morgan fingerprint density at radius 1 is 1.17 bits per heavy atom. The minimum Gasteiger partial charge on any atom is -0.375 e. The van der Waals surface area contributed by atoms with Gasteiger partial charge in [-0.2, -0.15) is 0 Å². The molecule has 2 N–H and O–H groups in total. The highest BCUT2D eigenvalue weighted by Crippen LogP contribution is 2.50. The molecule has 0 aromatic carbocycles. The summed E-state index contributed by atoms with van der Waals surface area (Å²) in [6.45, 7) is 3.31.